The van der Waals surface area contributed by atoms with Crippen molar-refractivity contribution in [1.29, 1.82) is 0 Å². The number of carbonyl (C=O) groups excluding carboxylic acids is 1. The number of hydrogen-bond acceptors (Lipinski definition) is 4. The third-order valence-corrected chi connectivity index (χ3v) is 3.80. The predicted octanol–water partition coefficient (Wildman–Crippen LogP) is 2.30. The molecule has 1 saturated heterocycles. The Morgan fingerprint density at radius 3 is 3.24 bits per heavy atom. The number of carbonyl (C=O) groups is 1. The summed E-state index contributed by atoms with van der Waals surface area (Å²) in [5, 5.41) is 1.71. The summed E-state index contributed by atoms with van der Waals surface area (Å²) in [6.07, 6.45) is 1.00. The van der Waals surface area contributed by atoms with Gasteiger partial charge in [0.1, 0.15) is 5.69 Å². The molecular weight excluding hydrogens is 260 g/mol. The first-order valence-corrected chi connectivity index (χ1v) is 6.94. The van der Waals surface area contributed by atoms with Gasteiger partial charge < -0.3 is 9.64 Å². The van der Waals surface area contributed by atoms with Crippen LogP contribution in [0.25, 0.3) is 0 Å². The van der Waals surface area contributed by atoms with E-state index >= 15 is 0 Å². The summed E-state index contributed by atoms with van der Waals surface area (Å²) in [7, 11) is 0. The van der Waals surface area contributed by atoms with Crippen molar-refractivity contribution in [3.8, 4) is 0 Å². The lowest BCUT2D eigenvalue weighted by Crippen LogP contribution is -2.29. The van der Waals surface area contributed by atoms with Gasteiger partial charge in [-0.15, -0.1) is 11.3 Å². The zero-order valence-electron chi connectivity index (χ0n) is 9.69. The van der Waals surface area contributed by atoms with Crippen LogP contribution in [0.1, 0.15) is 23.8 Å². The fourth-order valence-electron chi connectivity index (χ4n) is 1.95. The minimum absolute atomic E-state index is 0.0212. The molecule has 0 aliphatic carbocycles. The van der Waals surface area contributed by atoms with E-state index in [9.17, 15) is 4.79 Å². The van der Waals surface area contributed by atoms with E-state index in [1.807, 2.05) is 11.8 Å². The average molecular weight is 275 g/mol. The van der Waals surface area contributed by atoms with Gasteiger partial charge in [0, 0.05) is 31.0 Å². The minimum atomic E-state index is -0.0212. The largest absolute Gasteiger partial charge is 0.381 e. The number of aromatic nitrogens is 1. The molecule has 0 spiro atoms. The van der Waals surface area contributed by atoms with Crippen LogP contribution in [0.2, 0.25) is 4.47 Å². The number of likely N-dealkylation sites (tertiary alicyclic amines) is 1. The molecule has 1 atom stereocenters. The van der Waals surface area contributed by atoms with Gasteiger partial charge in [-0.2, -0.15) is 0 Å². The number of thiazole rings is 1. The Hall–Kier alpha value is -0.650. The molecule has 6 heteroatoms. The van der Waals surface area contributed by atoms with Crippen molar-refractivity contribution in [2.45, 2.75) is 13.3 Å². The van der Waals surface area contributed by atoms with Gasteiger partial charge in [-0.3, -0.25) is 4.79 Å². The van der Waals surface area contributed by atoms with Crippen LogP contribution in [-0.2, 0) is 4.74 Å². The maximum atomic E-state index is 12.1. The Kier molecular flexibility index (Phi) is 4.36. The number of halogens is 1. The molecule has 0 aromatic carbocycles. The lowest BCUT2D eigenvalue weighted by molar-refractivity contribution is 0.0758. The normalized spacial score (nSPS) is 19.9. The van der Waals surface area contributed by atoms with Crippen LogP contribution in [-0.4, -0.2) is 42.1 Å². The zero-order chi connectivity index (χ0) is 12.3. The van der Waals surface area contributed by atoms with Gasteiger partial charge in [0.15, 0.2) is 4.47 Å². The highest BCUT2D eigenvalue weighted by molar-refractivity contribution is 7.14. The van der Waals surface area contributed by atoms with Gasteiger partial charge in [0.05, 0.1) is 6.61 Å². The third kappa shape index (κ3) is 3.18. The van der Waals surface area contributed by atoms with E-state index in [0.717, 1.165) is 32.7 Å². The molecule has 0 unspecified atom stereocenters. The van der Waals surface area contributed by atoms with Gasteiger partial charge in [-0.1, -0.05) is 11.6 Å². The highest BCUT2D eigenvalue weighted by Gasteiger charge is 2.28. The Labute approximate surface area is 110 Å². The molecule has 0 N–H and O–H groups in total. The number of rotatable bonds is 4. The van der Waals surface area contributed by atoms with Crippen LogP contribution in [0.15, 0.2) is 5.38 Å². The van der Waals surface area contributed by atoms with Crippen molar-refractivity contribution < 1.29 is 9.53 Å². The van der Waals surface area contributed by atoms with E-state index in [-0.39, 0.29) is 5.91 Å². The topological polar surface area (TPSA) is 42.4 Å². The smallest absolute Gasteiger partial charge is 0.273 e. The second kappa shape index (κ2) is 5.80. The fraction of sp³-hybridized carbons (Fsp3) is 0.636. The predicted molar refractivity (Wildman–Crippen MR) is 67.6 cm³/mol. The minimum Gasteiger partial charge on any atom is -0.381 e. The second-order valence-electron chi connectivity index (χ2n) is 4.05. The van der Waals surface area contributed by atoms with Gasteiger partial charge in [-0.05, 0) is 13.3 Å². The standard InChI is InChI=1S/C11H15ClN2O2S/c1-2-16-6-8-3-4-14(5-8)10(15)9-7-17-11(12)13-9/h7-8H,2-6H2,1H3/t8-/m1/s1. The molecule has 1 aliphatic heterocycles. The molecule has 1 amide bonds. The molecule has 17 heavy (non-hydrogen) atoms. The van der Waals surface area contributed by atoms with Crippen molar-refractivity contribution in [3.63, 3.8) is 0 Å². The molecule has 1 fully saturated rings. The maximum absolute atomic E-state index is 12.1. The van der Waals surface area contributed by atoms with Gasteiger partial charge >= 0.3 is 0 Å². The SMILES string of the molecule is CCOC[C@@H]1CCN(C(=O)c2csc(Cl)n2)C1. The van der Waals surface area contributed by atoms with Crippen LogP contribution in [0.4, 0.5) is 0 Å². The molecule has 0 radical (unpaired) electrons. The van der Waals surface area contributed by atoms with Crippen LogP contribution in [0.3, 0.4) is 0 Å². The molecule has 0 saturated carbocycles. The Balaban J connectivity index is 1.90. The van der Waals surface area contributed by atoms with Crippen molar-refractivity contribution in [1.82, 2.24) is 9.88 Å². The van der Waals surface area contributed by atoms with Crippen LogP contribution >= 0.6 is 22.9 Å². The van der Waals surface area contributed by atoms with Crippen molar-refractivity contribution >= 4 is 28.8 Å². The van der Waals surface area contributed by atoms with E-state index in [0.29, 0.717) is 16.1 Å². The molecule has 1 aliphatic rings. The number of nitrogens with zero attached hydrogens (tertiary/aromatic N) is 2. The lowest BCUT2D eigenvalue weighted by atomic mass is 10.1. The van der Waals surface area contributed by atoms with E-state index in [4.69, 9.17) is 16.3 Å². The van der Waals surface area contributed by atoms with Crippen LogP contribution in [0, 0.1) is 5.92 Å². The molecule has 2 rings (SSSR count). The van der Waals surface area contributed by atoms with E-state index in [1.54, 1.807) is 5.38 Å². The molecule has 94 valence electrons. The Bertz CT molecular complexity index is 397. The molecule has 4 nitrogen and oxygen atoms in total. The summed E-state index contributed by atoms with van der Waals surface area (Å²) in [4.78, 5) is 17.9. The summed E-state index contributed by atoms with van der Waals surface area (Å²) in [6.45, 7) is 4.99. The number of ether oxygens (including phenoxy) is 1. The monoisotopic (exact) mass is 274 g/mol. The first-order valence-electron chi connectivity index (χ1n) is 5.68. The van der Waals surface area contributed by atoms with Crippen LogP contribution < -0.4 is 0 Å². The fourth-order valence-corrected chi connectivity index (χ4v) is 2.69. The Morgan fingerprint density at radius 2 is 2.59 bits per heavy atom. The van der Waals surface area contributed by atoms with E-state index in [1.165, 1.54) is 11.3 Å². The van der Waals surface area contributed by atoms with E-state index < -0.39 is 0 Å². The first-order chi connectivity index (χ1) is 8.20. The molecule has 2 heterocycles. The summed E-state index contributed by atoms with van der Waals surface area (Å²) < 4.78 is 5.80. The quantitative estimate of drug-likeness (QED) is 0.846. The van der Waals surface area contributed by atoms with Gasteiger partial charge in [0.2, 0.25) is 0 Å². The Morgan fingerprint density at radius 1 is 1.76 bits per heavy atom. The molecular formula is C11H15ClN2O2S. The summed E-state index contributed by atoms with van der Waals surface area (Å²) in [5.74, 6) is 0.431. The van der Waals surface area contributed by atoms with Crippen molar-refractivity contribution in [2.24, 2.45) is 5.92 Å². The van der Waals surface area contributed by atoms with E-state index in [2.05, 4.69) is 4.98 Å². The highest BCUT2D eigenvalue weighted by atomic mass is 35.5. The van der Waals surface area contributed by atoms with Crippen molar-refractivity contribution in [3.05, 3.63) is 15.5 Å². The van der Waals surface area contributed by atoms with Gasteiger partial charge in [0.25, 0.3) is 5.91 Å². The molecule has 0 bridgehead atoms. The second-order valence-corrected chi connectivity index (χ2v) is 5.49. The highest BCUT2D eigenvalue weighted by Crippen LogP contribution is 2.21. The molecule has 1 aromatic rings. The summed E-state index contributed by atoms with van der Waals surface area (Å²) in [5.41, 5.74) is 0.456. The summed E-state index contributed by atoms with van der Waals surface area (Å²) >= 11 is 7.01. The van der Waals surface area contributed by atoms with Crippen molar-refractivity contribution in [2.75, 3.05) is 26.3 Å². The number of amides is 1. The zero-order valence-corrected chi connectivity index (χ0v) is 11.3. The summed E-state index contributed by atoms with van der Waals surface area (Å²) in [6, 6.07) is 0. The first kappa shape index (κ1) is 12.8. The third-order valence-electron chi connectivity index (χ3n) is 2.83. The van der Waals surface area contributed by atoms with Crippen LogP contribution in [0.5, 0.6) is 0 Å². The van der Waals surface area contributed by atoms with Gasteiger partial charge in [-0.25, -0.2) is 4.98 Å². The molecule has 1 aromatic heterocycles. The lowest BCUT2D eigenvalue weighted by Gasteiger charge is -2.15. The maximum Gasteiger partial charge on any atom is 0.273 e. The number of hydrogen-bond donors (Lipinski definition) is 0. The average Bonchev–Trinajstić information content (AvgIpc) is 2.94.